The predicted octanol–water partition coefficient (Wildman–Crippen LogP) is 4.41. The summed E-state index contributed by atoms with van der Waals surface area (Å²) in [6.07, 6.45) is 5.10. The zero-order valence-corrected chi connectivity index (χ0v) is 19.3. The van der Waals surface area contributed by atoms with Crippen molar-refractivity contribution in [2.45, 2.75) is 45.2 Å². The number of nitrogens with zero attached hydrogens (tertiary/aromatic N) is 2. The maximum Gasteiger partial charge on any atom is 0.119 e. The van der Waals surface area contributed by atoms with E-state index in [0.717, 1.165) is 37.9 Å². The van der Waals surface area contributed by atoms with Crippen LogP contribution < -0.4 is 4.74 Å². The molecule has 1 unspecified atom stereocenters. The highest BCUT2D eigenvalue weighted by Crippen LogP contribution is 2.29. The van der Waals surface area contributed by atoms with Crippen molar-refractivity contribution in [2.75, 3.05) is 46.5 Å². The van der Waals surface area contributed by atoms with E-state index in [1.165, 1.54) is 44.3 Å². The van der Waals surface area contributed by atoms with Crippen LogP contribution in [0.15, 0.2) is 48.5 Å². The van der Waals surface area contributed by atoms with Crippen molar-refractivity contribution < 1.29 is 9.47 Å². The molecule has 0 aromatic heterocycles. The minimum Gasteiger partial charge on any atom is -0.494 e. The first-order chi connectivity index (χ1) is 15.2. The third-order valence-corrected chi connectivity index (χ3v) is 6.86. The van der Waals surface area contributed by atoms with Crippen molar-refractivity contribution >= 4 is 0 Å². The molecular weight excluding hydrogens is 384 g/mol. The first kappa shape index (κ1) is 22.3. The zero-order chi connectivity index (χ0) is 21.5. The molecule has 1 aliphatic heterocycles. The van der Waals surface area contributed by atoms with Crippen LogP contribution in [0.2, 0.25) is 0 Å². The standard InChI is InChI=1S/C27H38N2O2/c1-3-31-27-12-10-22(11-13-27)19-28(15-16-30-2)20-23-7-6-14-29(21-23)26-17-24-8-4-5-9-25(24)18-26/h4-5,8-13,23,26H,3,6-7,14-21H2,1-2H3. The minimum absolute atomic E-state index is 0.693. The summed E-state index contributed by atoms with van der Waals surface area (Å²) in [5, 5.41) is 0. The van der Waals surface area contributed by atoms with E-state index in [2.05, 4.69) is 58.3 Å². The van der Waals surface area contributed by atoms with E-state index in [-0.39, 0.29) is 0 Å². The molecular formula is C27H38N2O2. The fourth-order valence-corrected chi connectivity index (χ4v) is 5.31. The lowest BCUT2D eigenvalue weighted by Gasteiger charge is -2.38. The highest BCUT2D eigenvalue weighted by atomic mass is 16.5. The number of hydrogen-bond donors (Lipinski definition) is 0. The molecule has 2 aromatic rings. The van der Waals surface area contributed by atoms with Crippen LogP contribution in [0, 0.1) is 5.92 Å². The Kier molecular flexibility index (Phi) is 8.01. The number of benzene rings is 2. The molecule has 0 radical (unpaired) electrons. The monoisotopic (exact) mass is 422 g/mol. The predicted molar refractivity (Wildman–Crippen MR) is 127 cm³/mol. The summed E-state index contributed by atoms with van der Waals surface area (Å²) in [6.45, 7) is 9.10. The van der Waals surface area contributed by atoms with E-state index in [4.69, 9.17) is 9.47 Å². The third kappa shape index (κ3) is 6.09. The van der Waals surface area contributed by atoms with E-state index >= 15 is 0 Å². The minimum atomic E-state index is 0.693. The van der Waals surface area contributed by atoms with Gasteiger partial charge in [0, 0.05) is 39.3 Å². The van der Waals surface area contributed by atoms with Gasteiger partial charge in [0.2, 0.25) is 0 Å². The van der Waals surface area contributed by atoms with E-state index in [1.54, 1.807) is 18.2 Å². The normalized spacial score (nSPS) is 19.6. The van der Waals surface area contributed by atoms with Gasteiger partial charge >= 0.3 is 0 Å². The molecule has 168 valence electrons. The van der Waals surface area contributed by atoms with Crippen LogP contribution in [-0.4, -0.2) is 62.3 Å². The lowest BCUT2D eigenvalue weighted by Crippen LogP contribution is -2.46. The molecule has 4 heteroatoms. The molecule has 0 saturated carbocycles. The zero-order valence-electron chi connectivity index (χ0n) is 19.3. The molecule has 4 nitrogen and oxygen atoms in total. The Morgan fingerprint density at radius 2 is 1.77 bits per heavy atom. The van der Waals surface area contributed by atoms with Gasteiger partial charge in [-0.1, -0.05) is 36.4 Å². The van der Waals surface area contributed by atoms with Crippen LogP contribution >= 0.6 is 0 Å². The highest BCUT2D eigenvalue weighted by Gasteiger charge is 2.31. The van der Waals surface area contributed by atoms with Gasteiger partial charge in [0.05, 0.1) is 13.2 Å². The molecule has 0 spiro atoms. The maximum absolute atomic E-state index is 5.60. The molecule has 0 N–H and O–H groups in total. The number of likely N-dealkylation sites (tertiary alicyclic amines) is 1. The number of fused-ring (bicyclic) bond motifs is 1. The second kappa shape index (κ2) is 11.1. The van der Waals surface area contributed by atoms with Crippen LogP contribution in [0.5, 0.6) is 5.75 Å². The Balaban J connectivity index is 1.34. The lowest BCUT2D eigenvalue weighted by molar-refractivity contribution is 0.0843. The molecule has 1 heterocycles. The third-order valence-electron chi connectivity index (χ3n) is 6.86. The Labute approximate surface area is 188 Å². The number of methoxy groups -OCH3 is 1. The van der Waals surface area contributed by atoms with E-state index < -0.39 is 0 Å². The van der Waals surface area contributed by atoms with E-state index in [0.29, 0.717) is 12.6 Å². The molecule has 4 rings (SSSR count). The quantitative estimate of drug-likeness (QED) is 0.566. The van der Waals surface area contributed by atoms with E-state index in [9.17, 15) is 0 Å². The molecule has 2 aliphatic rings. The Hall–Kier alpha value is -1.88. The fourth-order valence-electron chi connectivity index (χ4n) is 5.31. The van der Waals surface area contributed by atoms with Gasteiger partial charge in [-0.25, -0.2) is 0 Å². The van der Waals surface area contributed by atoms with Gasteiger partial charge in [-0.3, -0.25) is 9.80 Å². The average molecular weight is 423 g/mol. The summed E-state index contributed by atoms with van der Waals surface area (Å²) in [7, 11) is 1.80. The van der Waals surface area contributed by atoms with Crippen LogP contribution in [0.1, 0.15) is 36.5 Å². The summed E-state index contributed by atoms with van der Waals surface area (Å²) >= 11 is 0. The summed E-state index contributed by atoms with van der Waals surface area (Å²) in [5.41, 5.74) is 4.47. The molecule has 1 aliphatic carbocycles. The van der Waals surface area contributed by atoms with Crippen molar-refractivity contribution in [3.8, 4) is 5.75 Å². The fraction of sp³-hybridized carbons (Fsp3) is 0.556. The Bertz CT molecular complexity index is 782. The largest absolute Gasteiger partial charge is 0.494 e. The van der Waals surface area contributed by atoms with Gasteiger partial charge in [0.25, 0.3) is 0 Å². The topological polar surface area (TPSA) is 24.9 Å². The van der Waals surface area contributed by atoms with Crippen LogP contribution in [-0.2, 0) is 24.1 Å². The second-order valence-corrected chi connectivity index (χ2v) is 9.14. The first-order valence-corrected chi connectivity index (χ1v) is 12.0. The molecule has 31 heavy (non-hydrogen) atoms. The van der Waals surface area contributed by atoms with Crippen molar-refractivity contribution in [2.24, 2.45) is 5.92 Å². The lowest BCUT2D eigenvalue weighted by atomic mass is 9.95. The summed E-state index contributed by atoms with van der Waals surface area (Å²) in [4.78, 5) is 5.36. The highest BCUT2D eigenvalue weighted by molar-refractivity contribution is 5.33. The van der Waals surface area contributed by atoms with Gasteiger partial charge in [0.1, 0.15) is 5.75 Å². The average Bonchev–Trinajstić information content (AvgIpc) is 3.24. The number of hydrogen-bond acceptors (Lipinski definition) is 4. The molecule has 0 amide bonds. The molecule has 0 bridgehead atoms. The smallest absolute Gasteiger partial charge is 0.119 e. The molecule has 1 atom stereocenters. The second-order valence-electron chi connectivity index (χ2n) is 9.14. The Morgan fingerprint density at radius 1 is 1.03 bits per heavy atom. The van der Waals surface area contributed by atoms with Crippen LogP contribution in [0.3, 0.4) is 0 Å². The SMILES string of the molecule is CCOc1ccc(CN(CCOC)CC2CCCN(C3Cc4ccccc4C3)C2)cc1. The number of rotatable bonds is 10. The van der Waals surface area contributed by atoms with Crippen molar-refractivity contribution in [3.05, 3.63) is 65.2 Å². The van der Waals surface area contributed by atoms with Crippen LogP contribution in [0.25, 0.3) is 0 Å². The number of piperidine rings is 1. The molecule has 1 fully saturated rings. The van der Waals surface area contributed by atoms with Gasteiger partial charge in [-0.05, 0) is 73.9 Å². The summed E-state index contributed by atoms with van der Waals surface area (Å²) in [5.74, 6) is 1.69. The molecule has 1 saturated heterocycles. The van der Waals surface area contributed by atoms with Crippen molar-refractivity contribution in [1.82, 2.24) is 9.80 Å². The van der Waals surface area contributed by atoms with Gasteiger partial charge in [-0.2, -0.15) is 0 Å². The van der Waals surface area contributed by atoms with Crippen LogP contribution in [0.4, 0.5) is 0 Å². The van der Waals surface area contributed by atoms with Crippen molar-refractivity contribution in [1.29, 1.82) is 0 Å². The summed E-state index contributed by atoms with van der Waals surface area (Å²) in [6, 6.07) is 18.3. The maximum atomic E-state index is 5.60. The van der Waals surface area contributed by atoms with Gasteiger partial charge in [0.15, 0.2) is 0 Å². The number of ether oxygens (including phenoxy) is 2. The summed E-state index contributed by atoms with van der Waals surface area (Å²) < 4.78 is 11.0. The van der Waals surface area contributed by atoms with Gasteiger partial charge < -0.3 is 9.47 Å². The van der Waals surface area contributed by atoms with Crippen molar-refractivity contribution in [3.63, 3.8) is 0 Å². The first-order valence-electron chi connectivity index (χ1n) is 12.0. The molecule has 2 aromatic carbocycles. The Morgan fingerprint density at radius 3 is 2.45 bits per heavy atom. The van der Waals surface area contributed by atoms with Gasteiger partial charge in [-0.15, -0.1) is 0 Å². The van der Waals surface area contributed by atoms with E-state index in [1.807, 2.05) is 6.92 Å².